The van der Waals surface area contributed by atoms with Crippen molar-refractivity contribution in [2.45, 2.75) is 89.9 Å². The molecule has 34 heavy (non-hydrogen) atoms. The fourth-order valence-corrected chi connectivity index (χ4v) is 7.65. The molecule has 3 saturated carbocycles. The highest BCUT2D eigenvalue weighted by Gasteiger charge is 2.36. The van der Waals surface area contributed by atoms with Gasteiger partial charge < -0.3 is 4.74 Å². The maximum Gasteiger partial charge on any atom is 0.330 e. The van der Waals surface area contributed by atoms with Crippen molar-refractivity contribution in [1.29, 1.82) is 0 Å². The van der Waals surface area contributed by atoms with E-state index in [4.69, 9.17) is 4.74 Å². The largest absolute Gasteiger partial charge is 0.462 e. The Kier molecular flexibility index (Phi) is 7.92. The molecule has 0 saturated heterocycles. The van der Waals surface area contributed by atoms with Crippen molar-refractivity contribution in [1.82, 2.24) is 0 Å². The van der Waals surface area contributed by atoms with Gasteiger partial charge in [0.1, 0.15) is 0 Å². The van der Waals surface area contributed by atoms with Crippen LogP contribution in [0.4, 0.5) is 0 Å². The van der Waals surface area contributed by atoms with E-state index in [0.29, 0.717) is 24.4 Å². The fraction of sp³-hybridized carbons (Fsp3) is 0.656. The summed E-state index contributed by atoms with van der Waals surface area (Å²) in [4.78, 5) is 12.2. The lowest BCUT2D eigenvalue weighted by molar-refractivity contribution is -0.139. The number of hydrogen-bond donors (Lipinski definition) is 0. The van der Waals surface area contributed by atoms with Gasteiger partial charge in [-0.2, -0.15) is 0 Å². The van der Waals surface area contributed by atoms with Gasteiger partial charge in [0, 0.05) is 6.08 Å². The van der Waals surface area contributed by atoms with Gasteiger partial charge in [-0.3, -0.25) is 0 Å². The topological polar surface area (TPSA) is 26.3 Å². The van der Waals surface area contributed by atoms with Crippen LogP contribution in [0.1, 0.15) is 101 Å². The molecule has 5 rings (SSSR count). The fourth-order valence-electron chi connectivity index (χ4n) is 7.65. The zero-order valence-corrected chi connectivity index (χ0v) is 21.2. The smallest absolute Gasteiger partial charge is 0.330 e. The summed E-state index contributed by atoms with van der Waals surface area (Å²) in [6, 6.07) is 8.91. The van der Waals surface area contributed by atoms with E-state index in [9.17, 15) is 4.79 Å². The highest BCUT2D eigenvalue weighted by Crippen LogP contribution is 2.45. The van der Waals surface area contributed by atoms with Crippen LogP contribution >= 0.6 is 0 Å². The first-order valence-electron chi connectivity index (χ1n) is 14.3. The Hall–Kier alpha value is -1.83. The zero-order chi connectivity index (χ0) is 23.3. The lowest BCUT2D eigenvalue weighted by atomic mass is 9.68. The SMILES string of the molecule is CCCC1CCC(C2CCC(c3ccc(C=CC(=O)OCC4CC5C=CC4C5)cc3)CC2)CC1. The van der Waals surface area contributed by atoms with Crippen LogP contribution in [0, 0.1) is 35.5 Å². The summed E-state index contributed by atoms with van der Waals surface area (Å²) in [6.45, 7) is 2.90. The highest BCUT2D eigenvalue weighted by atomic mass is 16.5. The average Bonchev–Trinajstić information content (AvgIpc) is 3.51. The van der Waals surface area contributed by atoms with E-state index >= 15 is 0 Å². The molecule has 2 bridgehead atoms. The predicted molar refractivity (Wildman–Crippen MR) is 140 cm³/mol. The van der Waals surface area contributed by atoms with Crippen molar-refractivity contribution in [3.05, 3.63) is 53.6 Å². The van der Waals surface area contributed by atoms with E-state index in [1.807, 2.05) is 6.08 Å². The Bertz CT molecular complexity index is 850. The minimum atomic E-state index is -0.210. The third-order valence-corrected chi connectivity index (χ3v) is 9.70. The summed E-state index contributed by atoms with van der Waals surface area (Å²) < 4.78 is 5.54. The molecule has 184 valence electrons. The molecule has 0 N–H and O–H groups in total. The van der Waals surface area contributed by atoms with Crippen LogP contribution in [0.25, 0.3) is 6.08 Å². The predicted octanol–water partition coefficient (Wildman–Crippen LogP) is 8.34. The van der Waals surface area contributed by atoms with Crippen molar-refractivity contribution >= 4 is 12.0 Å². The van der Waals surface area contributed by atoms with Crippen LogP contribution in [-0.4, -0.2) is 12.6 Å². The molecule has 3 fully saturated rings. The number of fused-ring (bicyclic) bond motifs is 2. The van der Waals surface area contributed by atoms with Gasteiger partial charge in [-0.05, 0) is 110 Å². The van der Waals surface area contributed by atoms with E-state index in [1.54, 1.807) is 6.08 Å². The van der Waals surface area contributed by atoms with Crippen molar-refractivity contribution in [2.75, 3.05) is 6.61 Å². The van der Waals surface area contributed by atoms with E-state index in [-0.39, 0.29) is 5.97 Å². The van der Waals surface area contributed by atoms with Crippen LogP contribution in [0.15, 0.2) is 42.5 Å². The molecule has 0 amide bonds. The Morgan fingerprint density at radius 3 is 2.24 bits per heavy atom. The molecule has 3 unspecified atom stereocenters. The molecule has 4 aliphatic rings. The van der Waals surface area contributed by atoms with Gasteiger partial charge in [0.05, 0.1) is 6.61 Å². The molecular weight excluding hydrogens is 416 g/mol. The monoisotopic (exact) mass is 460 g/mol. The number of esters is 1. The Labute approximate surface area is 207 Å². The normalized spacial score (nSPS) is 35.1. The number of rotatable bonds is 8. The van der Waals surface area contributed by atoms with Gasteiger partial charge in [0.2, 0.25) is 0 Å². The van der Waals surface area contributed by atoms with Crippen molar-refractivity contribution < 1.29 is 9.53 Å². The minimum Gasteiger partial charge on any atom is -0.462 e. The molecule has 0 spiro atoms. The summed E-state index contributed by atoms with van der Waals surface area (Å²) >= 11 is 0. The molecule has 4 aliphatic carbocycles. The van der Waals surface area contributed by atoms with Gasteiger partial charge >= 0.3 is 5.97 Å². The Morgan fingerprint density at radius 2 is 1.62 bits per heavy atom. The summed E-state index contributed by atoms with van der Waals surface area (Å²) in [5.41, 5.74) is 2.57. The molecule has 1 aromatic rings. The second-order valence-corrected chi connectivity index (χ2v) is 11.9. The molecule has 0 aliphatic heterocycles. The quantitative estimate of drug-likeness (QED) is 0.221. The summed E-state index contributed by atoms with van der Waals surface area (Å²) in [7, 11) is 0. The second-order valence-electron chi connectivity index (χ2n) is 11.9. The number of carbonyl (C=O) groups excluding carboxylic acids is 1. The van der Waals surface area contributed by atoms with Crippen molar-refractivity contribution in [2.24, 2.45) is 35.5 Å². The third-order valence-electron chi connectivity index (χ3n) is 9.70. The van der Waals surface area contributed by atoms with Crippen LogP contribution in [0.2, 0.25) is 0 Å². The molecule has 1 aromatic carbocycles. The summed E-state index contributed by atoms with van der Waals surface area (Å²) in [5.74, 6) is 5.38. The van der Waals surface area contributed by atoms with Crippen molar-refractivity contribution in [3.63, 3.8) is 0 Å². The first-order valence-corrected chi connectivity index (χ1v) is 14.3. The lowest BCUT2D eigenvalue weighted by Gasteiger charge is -2.38. The van der Waals surface area contributed by atoms with Crippen LogP contribution < -0.4 is 0 Å². The number of benzene rings is 1. The summed E-state index contributed by atoms with van der Waals surface area (Å²) in [5, 5.41) is 0. The number of allylic oxidation sites excluding steroid dienone is 2. The molecule has 0 heterocycles. The van der Waals surface area contributed by atoms with Gasteiger partial charge in [0.15, 0.2) is 0 Å². The average molecular weight is 461 g/mol. The second kappa shape index (κ2) is 11.3. The maximum atomic E-state index is 12.2. The van der Waals surface area contributed by atoms with E-state index in [1.165, 1.54) is 82.6 Å². The van der Waals surface area contributed by atoms with Crippen LogP contribution in [-0.2, 0) is 9.53 Å². The molecule has 2 nitrogen and oxygen atoms in total. The van der Waals surface area contributed by atoms with Crippen LogP contribution in [0.5, 0.6) is 0 Å². The molecule has 3 atom stereocenters. The standard InChI is InChI=1S/C32H44O2/c1-2-3-23-4-10-26(11-5-23)28-15-17-29(18-16-28)27-12-6-24(7-13-27)9-19-32(33)34-22-31-21-25-8-14-30(31)20-25/h6-9,12-14,19,23,25-26,28-31H,2-5,10-11,15-18,20-22H2,1H3. The van der Waals surface area contributed by atoms with Gasteiger partial charge in [0.25, 0.3) is 0 Å². The van der Waals surface area contributed by atoms with E-state index < -0.39 is 0 Å². The summed E-state index contributed by atoms with van der Waals surface area (Å²) in [6.07, 6.45) is 24.9. The van der Waals surface area contributed by atoms with E-state index in [2.05, 4.69) is 43.3 Å². The Morgan fingerprint density at radius 1 is 0.912 bits per heavy atom. The third kappa shape index (κ3) is 5.86. The van der Waals surface area contributed by atoms with Crippen molar-refractivity contribution in [3.8, 4) is 0 Å². The molecule has 0 aromatic heterocycles. The maximum absolute atomic E-state index is 12.2. The number of carbonyl (C=O) groups is 1. The highest BCUT2D eigenvalue weighted by molar-refractivity contribution is 5.87. The first-order chi connectivity index (χ1) is 16.7. The van der Waals surface area contributed by atoms with E-state index in [0.717, 1.165) is 29.2 Å². The first kappa shape index (κ1) is 23.9. The number of hydrogen-bond acceptors (Lipinski definition) is 2. The Balaban J connectivity index is 1.04. The molecular formula is C32H44O2. The molecule has 2 heteroatoms. The molecule has 0 radical (unpaired) electrons. The van der Waals surface area contributed by atoms with Gasteiger partial charge in [-0.25, -0.2) is 4.79 Å². The zero-order valence-electron chi connectivity index (χ0n) is 21.2. The number of ether oxygens (including phenoxy) is 1. The lowest BCUT2D eigenvalue weighted by Crippen LogP contribution is -2.25. The minimum absolute atomic E-state index is 0.210. The van der Waals surface area contributed by atoms with Crippen LogP contribution in [0.3, 0.4) is 0 Å². The van der Waals surface area contributed by atoms with Gasteiger partial charge in [-0.1, -0.05) is 69.0 Å². The van der Waals surface area contributed by atoms with Gasteiger partial charge in [-0.15, -0.1) is 0 Å².